The van der Waals surface area contributed by atoms with Crippen LogP contribution in [0.1, 0.15) is 0 Å². The molecule has 0 aliphatic heterocycles. The van der Waals surface area contributed by atoms with Crippen molar-refractivity contribution in [2.24, 2.45) is 0 Å². The Kier molecular flexibility index (Phi) is 4.57. The molecule has 0 atom stereocenters. The molecular weight excluding hydrogens is 334 g/mol. The summed E-state index contributed by atoms with van der Waals surface area (Å²) < 4.78 is 10.3. The number of ether oxygens (including phenoxy) is 2. The summed E-state index contributed by atoms with van der Waals surface area (Å²) in [6.07, 6.45) is 2.30. The SMILES string of the molecule is COc1nc(-n2nccn2)c(Cl)cc1NC(=O)Oc1ccccc1. The Morgan fingerprint density at radius 1 is 1.21 bits per heavy atom. The summed E-state index contributed by atoms with van der Waals surface area (Å²) >= 11 is 6.18. The number of rotatable bonds is 4. The van der Waals surface area contributed by atoms with Crippen LogP contribution in [-0.4, -0.2) is 33.2 Å². The van der Waals surface area contributed by atoms with Crippen LogP contribution in [0.5, 0.6) is 11.6 Å². The molecule has 0 aliphatic carbocycles. The minimum atomic E-state index is -0.692. The third-order valence-corrected chi connectivity index (χ3v) is 3.19. The van der Waals surface area contributed by atoms with Gasteiger partial charge in [0, 0.05) is 0 Å². The van der Waals surface area contributed by atoms with Gasteiger partial charge in [-0.2, -0.15) is 15.2 Å². The van der Waals surface area contributed by atoms with E-state index in [2.05, 4.69) is 20.5 Å². The summed E-state index contributed by atoms with van der Waals surface area (Å²) in [6, 6.07) is 10.1. The largest absolute Gasteiger partial charge is 0.479 e. The van der Waals surface area contributed by atoms with Gasteiger partial charge >= 0.3 is 6.09 Å². The molecule has 1 N–H and O–H groups in total. The van der Waals surface area contributed by atoms with Gasteiger partial charge in [-0.15, -0.1) is 4.80 Å². The molecule has 0 radical (unpaired) electrons. The molecule has 0 spiro atoms. The van der Waals surface area contributed by atoms with Gasteiger partial charge in [0.25, 0.3) is 0 Å². The number of halogens is 1. The van der Waals surface area contributed by atoms with Gasteiger partial charge < -0.3 is 9.47 Å². The van der Waals surface area contributed by atoms with Crippen LogP contribution in [-0.2, 0) is 0 Å². The standard InChI is InChI=1S/C15H12ClN5O3/c1-23-14-12(19-15(22)24-10-5-3-2-4-6-10)9-11(16)13(20-14)21-17-7-8-18-21/h2-9H,1H3,(H,19,22). The Morgan fingerprint density at radius 3 is 2.58 bits per heavy atom. The Balaban J connectivity index is 1.83. The van der Waals surface area contributed by atoms with Crippen LogP contribution in [0.25, 0.3) is 5.82 Å². The molecule has 0 saturated heterocycles. The van der Waals surface area contributed by atoms with Crippen LogP contribution in [0.3, 0.4) is 0 Å². The molecule has 0 bridgehead atoms. The fourth-order valence-corrected chi connectivity index (χ4v) is 2.13. The molecule has 2 heterocycles. The van der Waals surface area contributed by atoms with Gasteiger partial charge in [0.2, 0.25) is 5.88 Å². The smallest absolute Gasteiger partial charge is 0.417 e. The lowest BCUT2D eigenvalue weighted by Crippen LogP contribution is -2.18. The van der Waals surface area contributed by atoms with E-state index in [1.165, 1.54) is 30.4 Å². The van der Waals surface area contributed by atoms with Crippen LogP contribution in [0.15, 0.2) is 48.8 Å². The summed E-state index contributed by atoms with van der Waals surface area (Å²) in [7, 11) is 1.42. The average Bonchev–Trinajstić information content (AvgIpc) is 3.10. The Labute approximate surface area is 142 Å². The number of aromatic nitrogens is 4. The maximum absolute atomic E-state index is 12.0. The number of anilines is 1. The number of para-hydroxylation sites is 1. The number of methoxy groups -OCH3 is 1. The molecule has 9 heteroatoms. The van der Waals surface area contributed by atoms with E-state index in [-0.39, 0.29) is 22.4 Å². The summed E-state index contributed by atoms with van der Waals surface area (Å²) in [5, 5.41) is 10.7. The highest BCUT2D eigenvalue weighted by molar-refractivity contribution is 6.32. The second-order valence-corrected chi connectivity index (χ2v) is 4.90. The number of hydrogen-bond acceptors (Lipinski definition) is 6. The molecule has 3 aromatic rings. The topological polar surface area (TPSA) is 91.2 Å². The summed E-state index contributed by atoms with van der Waals surface area (Å²) in [6.45, 7) is 0. The van der Waals surface area contributed by atoms with E-state index >= 15 is 0 Å². The third-order valence-electron chi connectivity index (χ3n) is 2.91. The first-order chi connectivity index (χ1) is 11.7. The molecule has 1 aromatic carbocycles. The number of nitrogens with one attached hydrogen (secondary N) is 1. The van der Waals surface area contributed by atoms with Gasteiger partial charge in [0.05, 0.1) is 24.5 Å². The van der Waals surface area contributed by atoms with Crippen molar-refractivity contribution in [3.63, 3.8) is 0 Å². The van der Waals surface area contributed by atoms with Crippen molar-refractivity contribution in [1.82, 2.24) is 20.0 Å². The number of nitrogens with zero attached hydrogens (tertiary/aromatic N) is 4. The molecule has 0 aliphatic rings. The van der Waals surface area contributed by atoms with Crippen molar-refractivity contribution in [2.45, 2.75) is 0 Å². The van der Waals surface area contributed by atoms with Crippen molar-refractivity contribution in [2.75, 3.05) is 12.4 Å². The van der Waals surface area contributed by atoms with E-state index in [0.29, 0.717) is 5.75 Å². The van der Waals surface area contributed by atoms with Crippen LogP contribution in [0.2, 0.25) is 5.02 Å². The highest BCUT2D eigenvalue weighted by Gasteiger charge is 2.16. The van der Waals surface area contributed by atoms with E-state index in [0.717, 1.165) is 0 Å². The molecular formula is C15H12ClN5O3. The molecule has 3 rings (SSSR count). The number of benzene rings is 1. The summed E-state index contributed by atoms with van der Waals surface area (Å²) in [5.74, 6) is 0.836. The lowest BCUT2D eigenvalue weighted by Gasteiger charge is -2.12. The number of amides is 1. The maximum atomic E-state index is 12.0. The zero-order chi connectivity index (χ0) is 16.9. The van der Waals surface area contributed by atoms with Crippen LogP contribution in [0, 0.1) is 0 Å². The van der Waals surface area contributed by atoms with Crippen molar-refractivity contribution in [3.05, 3.63) is 53.8 Å². The third kappa shape index (κ3) is 3.44. The second kappa shape index (κ2) is 6.97. The highest BCUT2D eigenvalue weighted by Crippen LogP contribution is 2.29. The average molecular weight is 346 g/mol. The molecule has 2 aromatic heterocycles. The van der Waals surface area contributed by atoms with Crippen LogP contribution >= 0.6 is 11.6 Å². The molecule has 1 amide bonds. The van der Waals surface area contributed by atoms with Gasteiger partial charge in [0.1, 0.15) is 11.4 Å². The highest BCUT2D eigenvalue weighted by atomic mass is 35.5. The predicted octanol–water partition coefficient (Wildman–Crippen LogP) is 2.94. The minimum absolute atomic E-state index is 0.150. The first-order valence-corrected chi connectivity index (χ1v) is 7.20. The lowest BCUT2D eigenvalue weighted by atomic mass is 10.3. The Hall–Kier alpha value is -3.13. The van der Waals surface area contributed by atoms with Gasteiger partial charge in [0.15, 0.2) is 5.82 Å². The first-order valence-electron chi connectivity index (χ1n) is 6.82. The molecule has 0 fully saturated rings. The number of carbonyl (C=O) groups is 1. The minimum Gasteiger partial charge on any atom is -0.479 e. The van der Waals surface area contributed by atoms with E-state index in [9.17, 15) is 4.79 Å². The van der Waals surface area contributed by atoms with E-state index < -0.39 is 6.09 Å². The fraction of sp³-hybridized carbons (Fsp3) is 0.0667. The zero-order valence-corrected chi connectivity index (χ0v) is 13.3. The molecule has 24 heavy (non-hydrogen) atoms. The number of hydrogen-bond donors (Lipinski definition) is 1. The van der Waals surface area contributed by atoms with Gasteiger partial charge in [-0.25, -0.2) is 4.79 Å². The first kappa shape index (κ1) is 15.8. The summed E-state index contributed by atoms with van der Waals surface area (Å²) in [5.41, 5.74) is 0.263. The van der Waals surface area contributed by atoms with Crippen molar-refractivity contribution in [3.8, 4) is 17.4 Å². The number of pyridine rings is 1. The Morgan fingerprint density at radius 2 is 1.92 bits per heavy atom. The zero-order valence-electron chi connectivity index (χ0n) is 12.5. The maximum Gasteiger partial charge on any atom is 0.417 e. The van der Waals surface area contributed by atoms with Gasteiger partial charge in [-0.3, -0.25) is 5.32 Å². The lowest BCUT2D eigenvalue weighted by molar-refractivity contribution is 0.215. The van der Waals surface area contributed by atoms with E-state index in [1.54, 1.807) is 24.3 Å². The van der Waals surface area contributed by atoms with Gasteiger partial charge in [-0.05, 0) is 18.2 Å². The monoisotopic (exact) mass is 345 g/mol. The van der Waals surface area contributed by atoms with Crippen molar-refractivity contribution in [1.29, 1.82) is 0 Å². The molecule has 0 saturated carbocycles. The number of carbonyl (C=O) groups excluding carboxylic acids is 1. The Bertz CT molecular complexity index is 840. The molecule has 122 valence electrons. The summed E-state index contributed by atoms with van der Waals surface area (Å²) in [4.78, 5) is 17.4. The van der Waals surface area contributed by atoms with Crippen LogP contribution < -0.4 is 14.8 Å². The van der Waals surface area contributed by atoms with Gasteiger partial charge in [-0.1, -0.05) is 29.8 Å². The van der Waals surface area contributed by atoms with Crippen molar-refractivity contribution >= 4 is 23.4 Å². The fourth-order valence-electron chi connectivity index (χ4n) is 1.90. The van der Waals surface area contributed by atoms with Crippen molar-refractivity contribution < 1.29 is 14.3 Å². The quantitative estimate of drug-likeness (QED) is 0.781. The van der Waals surface area contributed by atoms with E-state index in [1.807, 2.05) is 6.07 Å². The van der Waals surface area contributed by atoms with Crippen LogP contribution in [0.4, 0.5) is 10.5 Å². The predicted molar refractivity (Wildman–Crippen MR) is 86.8 cm³/mol. The second-order valence-electron chi connectivity index (χ2n) is 4.50. The normalized spacial score (nSPS) is 10.2. The van der Waals surface area contributed by atoms with E-state index in [4.69, 9.17) is 21.1 Å². The molecule has 0 unspecified atom stereocenters. The molecule has 8 nitrogen and oxygen atoms in total.